The fourth-order valence-corrected chi connectivity index (χ4v) is 5.32. The minimum atomic E-state index is 0. The van der Waals surface area contributed by atoms with Crippen LogP contribution in [0.1, 0.15) is 31.2 Å². The first-order chi connectivity index (χ1) is 18.2. The molecule has 2 aliphatic heterocycles. The molecule has 2 N–H and O–H groups in total. The highest BCUT2D eigenvalue weighted by Gasteiger charge is 2.35. The number of nitrogens with zero attached hydrogens (tertiary/aromatic N) is 6. The van der Waals surface area contributed by atoms with E-state index < -0.39 is 0 Å². The zero-order chi connectivity index (χ0) is 24.8. The molecule has 2 fully saturated rings. The first kappa shape index (κ1) is 24.3. The molecule has 0 aliphatic carbocycles. The molecule has 38 heavy (non-hydrogen) atoms. The number of pyridine rings is 2. The molecule has 0 amide bonds. The van der Waals surface area contributed by atoms with Gasteiger partial charge in [-0.2, -0.15) is 15.1 Å². The number of fused-ring (bicyclic) bond motifs is 4. The van der Waals surface area contributed by atoms with Crippen LogP contribution in [0, 0.1) is 6.92 Å². The van der Waals surface area contributed by atoms with E-state index in [-0.39, 0.29) is 18.5 Å². The number of aromatic nitrogens is 6. The van der Waals surface area contributed by atoms with E-state index in [9.17, 15) is 0 Å². The summed E-state index contributed by atoms with van der Waals surface area (Å²) in [5, 5.41) is 12.1. The Kier molecular flexibility index (Phi) is 6.42. The predicted molar refractivity (Wildman–Crippen MR) is 146 cm³/mol. The Morgan fingerprint density at radius 2 is 1.92 bits per heavy atom. The normalized spacial score (nSPS) is 20.3. The van der Waals surface area contributed by atoms with Gasteiger partial charge in [-0.1, -0.05) is 0 Å². The lowest BCUT2D eigenvalue weighted by molar-refractivity contribution is 0.126. The van der Waals surface area contributed by atoms with Crippen LogP contribution in [0.5, 0.6) is 17.5 Å². The molecule has 0 spiro atoms. The van der Waals surface area contributed by atoms with E-state index in [1.54, 1.807) is 16.9 Å². The Balaban J connectivity index is 0.00000264. The monoisotopic (exact) mass is 530 g/mol. The summed E-state index contributed by atoms with van der Waals surface area (Å²) in [6.07, 6.45) is 11.4. The van der Waals surface area contributed by atoms with E-state index in [4.69, 9.17) is 14.5 Å². The second kappa shape index (κ2) is 10.0. The van der Waals surface area contributed by atoms with Crippen molar-refractivity contribution in [2.24, 2.45) is 0 Å². The molecule has 10 nitrogen and oxygen atoms in total. The molecule has 0 radical (unpaired) electrons. The van der Waals surface area contributed by atoms with Gasteiger partial charge in [0.1, 0.15) is 29.7 Å². The highest BCUT2D eigenvalue weighted by Crippen LogP contribution is 2.32. The molecule has 0 saturated carbocycles. The van der Waals surface area contributed by atoms with Crippen LogP contribution in [0.15, 0.2) is 61.3 Å². The Morgan fingerprint density at radius 3 is 2.76 bits per heavy atom. The van der Waals surface area contributed by atoms with Crippen LogP contribution in [0.25, 0.3) is 16.6 Å². The number of aryl methyl sites for hydroxylation is 1. The standard InChI is InChI=1S/C27H26N8O2.ClH/c1-16-10-17(4-5-24(16)36-20-7-9-35-25(13-20)29-15-30-35)32-26-22-6-8-28-14-23(22)33-27(34-26)37-21-11-18-2-3-19(12-21)31-18;/h4-10,13-15,18-19,21,31H,2-3,11-12H2,1H3,(H,32,33,34);1H. The van der Waals surface area contributed by atoms with Crippen LogP contribution in [0.4, 0.5) is 11.5 Å². The van der Waals surface area contributed by atoms with E-state index in [1.807, 2.05) is 49.5 Å². The largest absolute Gasteiger partial charge is 0.460 e. The Bertz CT molecular complexity index is 1600. The molecule has 2 atom stereocenters. The van der Waals surface area contributed by atoms with E-state index >= 15 is 0 Å². The summed E-state index contributed by atoms with van der Waals surface area (Å²) in [6.45, 7) is 2.01. The quantitative estimate of drug-likeness (QED) is 0.313. The molecule has 7 rings (SSSR count). The van der Waals surface area contributed by atoms with Crippen LogP contribution >= 0.6 is 12.4 Å². The molecular weight excluding hydrogens is 504 g/mol. The lowest BCUT2D eigenvalue weighted by atomic mass is 10.0. The fourth-order valence-electron chi connectivity index (χ4n) is 5.32. The minimum Gasteiger partial charge on any atom is -0.460 e. The third-order valence-corrected chi connectivity index (χ3v) is 7.10. The molecule has 2 unspecified atom stereocenters. The van der Waals surface area contributed by atoms with Gasteiger partial charge in [0.05, 0.1) is 11.7 Å². The number of ether oxygens (including phenoxy) is 2. The SMILES string of the molecule is Cc1cc(Nc2nc(OC3CC4CCC(C3)N4)nc3cnccc23)ccc1Oc1ccn2ncnc2c1.Cl. The number of nitrogens with one attached hydrogen (secondary N) is 2. The third kappa shape index (κ3) is 4.80. The summed E-state index contributed by atoms with van der Waals surface area (Å²) in [5.74, 6) is 2.15. The summed E-state index contributed by atoms with van der Waals surface area (Å²) in [4.78, 5) is 17.9. The van der Waals surface area contributed by atoms with Crippen molar-refractivity contribution in [2.75, 3.05) is 5.32 Å². The summed E-state index contributed by atoms with van der Waals surface area (Å²) < 4.78 is 14.1. The molecular formula is C27H27ClN8O2. The summed E-state index contributed by atoms with van der Waals surface area (Å²) in [6, 6.07) is 13.0. The van der Waals surface area contributed by atoms with Crippen molar-refractivity contribution < 1.29 is 9.47 Å². The van der Waals surface area contributed by atoms with Gasteiger partial charge in [-0.3, -0.25) is 4.98 Å². The number of halogens is 1. The smallest absolute Gasteiger partial charge is 0.319 e. The molecule has 2 bridgehead atoms. The van der Waals surface area contributed by atoms with E-state index in [2.05, 4.69) is 30.7 Å². The van der Waals surface area contributed by atoms with Crippen molar-refractivity contribution in [1.29, 1.82) is 0 Å². The topological polar surface area (TPSA) is 111 Å². The van der Waals surface area contributed by atoms with Crippen LogP contribution in [0.2, 0.25) is 0 Å². The fraction of sp³-hybridized carbons (Fsp3) is 0.296. The Hall–Kier alpha value is -4.02. The molecule has 11 heteroatoms. The van der Waals surface area contributed by atoms with Crippen molar-refractivity contribution in [1.82, 2.24) is 34.9 Å². The van der Waals surface area contributed by atoms with Gasteiger partial charge in [-0.05, 0) is 68.5 Å². The van der Waals surface area contributed by atoms with Crippen LogP contribution in [0.3, 0.4) is 0 Å². The average Bonchev–Trinajstić information content (AvgIpc) is 3.51. The average molecular weight is 531 g/mol. The predicted octanol–water partition coefficient (Wildman–Crippen LogP) is 5.00. The lowest BCUT2D eigenvalue weighted by Crippen LogP contribution is -2.42. The van der Waals surface area contributed by atoms with Gasteiger partial charge in [-0.25, -0.2) is 9.50 Å². The van der Waals surface area contributed by atoms with Crippen LogP contribution < -0.4 is 20.1 Å². The van der Waals surface area contributed by atoms with Crippen molar-refractivity contribution in [2.45, 2.75) is 50.8 Å². The summed E-state index contributed by atoms with van der Waals surface area (Å²) >= 11 is 0. The Morgan fingerprint density at radius 1 is 1.05 bits per heavy atom. The zero-order valence-electron chi connectivity index (χ0n) is 20.7. The van der Waals surface area contributed by atoms with Crippen LogP contribution in [-0.4, -0.2) is 47.7 Å². The number of piperidine rings is 1. The first-order valence-electron chi connectivity index (χ1n) is 12.6. The molecule has 4 aromatic heterocycles. The lowest BCUT2D eigenvalue weighted by Gasteiger charge is -2.28. The number of rotatable bonds is 6. The third-order valence-electron chi connectivity index (χ3n) is 7.10. The van der Waals surface area contributed by atoms with Gasteiger partial charge in [-0.15, -0.1) is 12.4 Å². The van der Waals surface area contributed by atoms with Crippen LogP contribution in [-0.2, 0) is 0 Å². The molecule has 6 heterocycles. The van der Waals surface area contributed by atoms with Gasteiger partial charge in [0.15, 0.2) is 5.65 Å². The second-order valence-corrected chi connectivity index (χ2v) is 9.73. The highest BCUT2D eigenvalue weighted by atomic mass is 35.5. The maximum atomic E-state index is 6.30. The molecule has 1 aromatic carbocycles. The maximum Gasteiger partial charge on any atom is 0.319 e. The van der Waals surface area contributed by atoms with E-state index in [0.29, 0.717) is 29.7 Å². The van der Waals surface area contributed by atoms with Gasteiger partial charge in [0.2, 0.25) is 0 Å². The number of hydrogen-bond acceptors (Lipinski definition) is 9. The van der Waals surface area contributed by atoms with Gasteiger partial charge < -0.3 is 20.1 Å². The van der Waals surface area contributed by atoms with Crippen molar-refractivity contribution in [3.8, 4) is 17.5 Å². The molecule has 2 aliphatic rings. The first-order valence-corrected chi connectivity index (χ1v) is 12.6. The molecule has 194 valence electrons. The number of hydrogen-bond donors (Lipinski definition) is 2. The number of benzene rings is 1. The van der Waals surface area contributed by atoms with Crippen molar-refractivity contribution in [3.05, 3.63) is 66.9 Å². The molecule has 2 saturated heterocycles. The van der Waals surface area contributed by atoms with E-state index in [0.717, 1.165) is 46.4 Å². The minimum absolute atomic E-state index is 0. The second-order valence-electron chi connectivity index (χ2n) is 9.73. The van der Waals surface area contributed by atoms with E-state index in [1.165, 1.54) is 19.2 Å². The van der Waals surface area contributed by atoms with Gasteiger partial charge in [0.25, 0.3) is 0 Å². The van der Waals surface area contributed by atoms with Gasteiger partial charge in [0, 0.05) is 41.6 Å². The maximum absolute atomic E-state index is 6.30. The Labute approximate surface area is 225 Å². The zero-order valence-corrected chi connectivity index (χ0v) is 21.6. The summed E-state index contributed by atoms with van der Waals surface area (Å²) in [5.41, 5.74) is 3.34. The van der Waals surface area contributed by atoms with Crippen molar-refractivity contribution in [3.63, 3.8) is 0 Å². The highest BCUT2D eigenvalue weighted by molar-refractivity contribution is 5.90. The van der Waals surface area contributed by atoms with Gasteiger partial charge >= 0.3 is 6.01 Å². The summed E-state index contributed by atoms with van der Waals surface area (Å²) in [7, 11) is 0. The van der Waals surface area contributed by atoms with Crippen molar-refractivity contribution >= 4 is 40.5 Å². The number of anilines is 2. The molecule has 5 aromatic rings.